The lowest BCUT2D eigenvalue weighted by Gasteiger charge is -2.18. The summed E-state index contributed by atoms with van der Waals surface area (Å²) in [6, 6.07) is 11.5. The molecule has 1 amide bonds. The topological polar surface area (TPSA) is 77.7 Å². The van der Waals surface area contributed by atoms with E-state index >= 15 is 0 Å². The molecule has 0 saturated carbocycles. The van der Waals surface area contributed by atoms with Crippen LogP contribution < -0.4 is 9.47 Å². The Morgan fingerprint density at radius 2 is 2.07 bits per heavy atom. The number of hydrogen-bond acceptors (Lipinski definition) is 6. The lowest BCUT2D eigenvalue weighted by Crippen LogP contribution is -2.24. The van der Waals surface area contributed by atoms with E-state index < -0.39 is 0 Å². The Hall–Kier alpha value is -3.42. The Labute approximate surface area is 167 Å². The molecular weight excluding hydrogens is 377 g/mol. The number of nitrogens with zero attached hydrogens (tertiary/aromatic N) is 3. The van der Waals surface area contributed by atoms with Crippen molar-refractivity contribution in [3.8, 4) is 22.9 Å². The molecule has 2 heterocycles. The first-order valence-electron chi connectivity index (χ1n) is 9.15. The fourth-order valence-electron chi connectivity index (χ4n) is 3.42. The van der Waals surface area contributed by atoms with Crippen LogP contribution in [0.15, 0.2) is 47.0 Å². The first-order chi connectivity index (χ1) is 14.1. The number of rotatable bonds is 6. The van der Waals surface area contributed by atoms with Gasteiger partial charge >= 0.3 is 0 Å². The number of likely N-dealkylation sites (tertiary alicyclic amines) is 1. The minimum absolute atomic E-state index is 0.00150. The van der Waals surface area contributed by atoms with Crippen LogP contribution in [0.25, 0.3) is 11.4 Å². The molecule has 1 atom stereocenters. The number of aromatic nitrogens is 2. The minimum Gasteiger partial charge on any atom is -0.497 e. The number of benzene rings is 2. The maximum Gasteiger partial charge on any atom is 0.232 e. The van der Waals surface area contributed by atoms with Crippen LogP contribution >= 0.6 is 0 Å². The van der Waals surface area contributed by atoms with Crippen LogP contribution in [-0.2, 0) is 11.3 Å². The van der Waals surface area contributed by atoms with E-state index in [-0.39, 0.29) is 24.1 Å². The van der Waals surface area contributed by atoms with Crippen molar-refractivity contribution in [2.24, 2.45) is 0 Å². The Kier molecular flexibility index (Phi) is 5.16. The molecule has 0 bridgehead atoms. The van der Waals surface area contributed by atoms with Crippen molar-refractivity contribution in [3.63, 3.8) is 0 Å². The van der Waals surface area contributed by atoms with E-state index in [0.29, 0.717) is 41.9 Å². The molecular formula is C21H20FN3O4. The predicted octanol–water partition coefficient (Wildman–Crippen LogP) is 3.41. The highest BCUT2D eigenvalue weighted by Crippen LogP contribution is 2.32. The van der Waals surface area contributed by atoms with Gasteiger partial charge in [0.25, 0.3) is 0 Å². The van der Waals surface area contributed by atoms with Gasteiger partial charge in [-0.1, -0.05) is 17.3 Å². The molecule has 4 rings (SSSR count). The molecule has 2 aromatic carbocycles. The molecule has 0 N–H and O–H groups in total. The smallest absolute Gasteiger partial charge is 0.232 e. The molecule has 1 aromatic heterocycles. The van der Waals surface area contributed by atoms with Gasteiger partial charge in [-0.05, 0) is 24.3 Å². The quantitative estimate of drug-likeness (QED) is 0.634. The van der Waals surface area contributed by atoms with E-state index in [0.717, 1.165) is 5.56 Å². The second-order valence-corrected chi connectivity index (χ2v) is 6.82. The minimum atomic E-state index is -0.371. The fraction of sp³-hybridized carbons (Fsp3) is 0.286. The van der Waals surface area contributed by atoms with Crippen LogP contribution in [0.5, 0.6) is 11.5 Å². The summed E-state index contributed by atoms with van der Waals surface area (Å²) >= 11 is 0. The molecule has 1 aliphatic heterocycles. The monoisotopic (exact) mass is 397 g/mol. The highest BCUT2D eigenvalue weighted by atomic mass is 19.1. The van der Waals surface area contributed by atoms with Crippen LogP contribution in [0.1, 0.15) is 23.8 Å². The Morgan fingerprint density at radius 1 is 1.21 bits per heavy atom. The van der Waals surface area contributed by atoms with Crippen LogP contribution in [0.4, 0.5) is 4.39 Å². The van der Waals surface area contributed by atoms with Gasteiger partial charge in [0.15, 0.2) is 0 Å². The van der Waals surface area contributed by atoms with E-state index in [1.807, 2.05) is 12.1 Å². The number of carbonyl (C=O) groups excluding carboxylic acids is 1. The zero-order chi connectivity index (χ0) is 20.4. The average Bonchev–Trinajstić information content (AvgIpc) is 3.36. The predicted molar refractivity (Wildman–Crippen MR) is 102 cm³/mol. The Balaban J connectivity index is 1.49. The van der Waals surface area contributed by atoms with Gasteiger partial charge in [-0.15, -0.1) is 0 Å². The lowest BCUT2D eigenvalue weighted by atomic mass is 10.1. The normalized spacial score (nSPS) is 16.3. The van der Waals surface area contributed by atoms with Crippen molar-refractivity contribution in [3.05, 3.63) is 59.7 Å². The van der Waals surface area contributed by atoms with Crippen molar-refractivity contribution in [1.82, 2.24) is 15.0 Å². The van der Waals surface area contributed by atoms with E-state index in [1.165, 1.54) is 12.1 Å². The zero-order valence-electron chi connectivity index (χ0n) is 16.1. The molecule has 1 unspecified atom stereocenters. The van der Waals surface area contributed by atoms with Gasteiger partial charge in [0.1, 0.15) is 17.3 Å². The van der Waals surface area contributed by atoms with Gasteiger partial charge in [0.05, 0.1) is 20.1 Å². The molecule has 1 saturated heterocycles. The molecule has 150 valence electrons. The molecule has 0 radical (unpaired) electrons. The highest BCUT2D eigenvalue weighted by Gasteiger charge is 2.34. The number of amides is 1. The van der Waals surface area contributed by atoms with Gasteiger partial charge < -0.3 is 18.9 Å². The van der Waals surface area contributed by atoms with Crippen molar-refractivity contribution in [1.29, 1.82) is 0 Å². The number of methoxy groups -OCH3 is 2. The molecule has 29 heavy (non-hydrogen) atoms. The van der Waals surface area contributed by atoms with Gasteiger partial charge in [-0.3, -0.25) is 4.79 Å². The summed E-state index contributed by atoms with van der Waals surface area (Å²) in [4.78, 5) is 18.6. The summed E-state index contributed by atoms with van der Waals surface area (Å²) in [5.74, 6) is 1.45. The molecule has 0 aliphatic carbocycles. The van der Waals surface area contributed by atoms with Crippen LogP contribution in [-0.4, -0.2) is 41.7 Å². The molecule has 1 aliphatic rings. The van der Waals surface area contributed by atoms with Gasteiger partial charge in [-0.25, -0.2) is 4.39 Å². The second kappa shape index (κ2) is 7.90. The van der Waals surface area contributed by atoms with Crippen LogP contribution in [0.2, 0.25) is 0 Å². The zero-order valence-corrected chi connectivity index (χ0v) is 16.1. The van der Waals surface area contributed by atoms with Gasteiger partial charge in [-0.2, -0.15) is 4.98 Å². The molecule has 1 fully saturated rings. The van der Waals surface area contributed by atoms with Crippen LogP contribution in [0.3, 0.4) is 0 Å². The lowest BCUT2D eigenvalue weighted by molar-refractivity contribution is -0.128. The third-order valence-electron chi connectivity index (χ3n) is 4.94. The maximum atomic E-state index is 13.4. The Bertz CT molecular complexity index is 1040. The standard InChI is InChI=1S/C21H20FN3O4/c1-27-17-7-6-14(18(10-17)28-2)11-25-12-15(9-19(25)26)21-23-20(24-29-21)13-4-3-5-16(22)8-13/h3-8,10,15H,9,11-12H2,1-2H3. The molecule has 7 nitrogen and oxygen atoms in total. The summed E-state index contributed by atoms with van der Waals surface area (Å²) < 4.78 is 29.4. The number of hydrogen-bond donors (Lipinski definition) is 0. The summed E-state index contributed by atoms with van der Waals surface area (Å²) in [5, 5.41) is 3.94. The summed E-state index contributed by atoms with van der Waals surface area (Å²) in [6.45, 7) is 0.867. The number of ether oxygens (including phenoxy) is 2. The van der Waals surface area contributed by atoms with Crippen LogP contribution in [0, 0.1) is 5.82 Å². The highest BCUT2D eigenvalue weighted by molar-refractivity contribution is 5.79. The van der Waals surface area contributed by atoms with E-state index in [4.69, 9.17) is 14.0 Å². The first-order valence-corrected chi connectivity index (χ1v) is 9.15. The number of carbonyl (C=O) groups is 1. The summed E-state index contributed by atoms with van der Waals surface area (Å²) in [6.07, 6.45) is 0.281. The van der Waals surface area contributed by atoms with Crippen molar-refractivity contribution in [2.45, 2.75) is 18.9 Å². The molecule has 3 aromatic rings. The third kappa shape index (κ3) is 3.91. The number of halogens is 1. The second-order valence-electron chi connectivity index (χ2n) is 6.82. The fourth-order valence-corrected chi connectivity index (χ4v) is 3.42. The summed E-state index contributed by atoms with van der Waals surface area (Å²) in [5.41, 5.74) is 1.41. The SMILES string of the molecule is COc1ccc(CN2CC(c3nc(-c4cccc(F)c4)no3)CC2=O)c(OC)c1. The molecule has 0 spiro atoms. The molecule has 8 heteroatoms. The van der Waals surface area contributed by atoms with Gasteiger partial charge in [0, 0.05) is 36.7 Å². The third-order valence-corrected chi connectivity index (χ3v) is 4.94. The van der Waals surface area contributed by atoms with Crippen molar-refractivity contribution in [2.75, 3.05) is 20.8 Å². The van der Waals surface area contributed by atoms with Crippen molar-refractivity contribution >= 4 is 5.91 Å². The van der Waals surface area contributed by atoms with E-state index in [9.17, 15) is 9.18 Å². The van der Waals surface area contributed by atoms with E-state index in [1.54, 1.807) is 37.3 Å². The van der Waals surface area contributed by atoms with Gasteiger partial charge in [0.2, 0.25) is 17.6 Å². The Morgan fingerprint density at radius 3 is 2.83 bits per heavy atom. The van der Waals surface area contributed by atoms with E-state index in [2.05, 4.69) is 10.1 Å². The van der Waals surface area contributed by atoms with Crippen molar-refractivity contribution < 1.29 is 23.2 Å². The average molecular weight is 397 g/mol. The largest absolute Gasteiger partial charge is 0.497 e. The summed E-state index contributed by atoms with van der Waals surface area (Å²) in [7, 11) is 3.17. The maximum absolute atomic E-state index is 13.4. The first kappa shape index (κ1) is 18.9.